The molecule has 0 aliphatic carbocycles. The predicted octanol–water partition coefficient (Wildman–Crippen LogP) is 9.29. The van der Waals surface area contributed by atoms with Crippen LogP contribution in [0.1, 0.15) is 57.0 Å². The van der Waals surface area contributed by atoms with Gasteiger partial charge in [-0.25, -0.2) is 0 Å². The maximum Gasteiger partial charge on any atom is 0.222 e. The van der Waals surface area contributed by atoms with E-state index < -0.39 is 30.2 Å². The van der Waals surface area contributed by atoms with Crippen LogP contribution in [-0.4, -0.2) is 42.7 Å². The maximum absolute atomic E-state index is 13.4. The Kier molecular flexibility index (Phi) is 13.1. The van der Waals surface area contributed by atoms with Crippen LogP contribution >= 0.6 is 0 Å². The summed E-state index contributed by atoms with van der Waals surface area (Å²) in [6.07, 6.45) is -0.906. The number of aliphatic hydroxyl groups is 1. The molecular formula is C51H52O7. The fraction of sp³-hybridized carbons (Fsp3) is 0.294. The third-order valence-electron chi connectivity index (χ3n) is 11.0. The molecule has 7 nitrogen and oxygen atoms in total. The first-order valence-electron chi connectivity index (χ1n) is 20.4. The molecule has 298 valence electrons. The van der Waals surface area contributed by atoms with Crippen molar-refractivity contribution in [3.63, 3.8) is 0 Å². The molecule has 0 bridgehead atoms. The monoisotopic (exact) mass is 776 g/mol. The minimum atomic E-state index is -1.97. The zero-order chi connectivity index (χ0) is 39.6. The number of benzene rings is 6. The third kappa shape index (κ3) is 9.59. The molecule has 5 atom stereocenters. The Morgan fingerprint density at radius 3 is 1.67 bits per heavy atom. The Morgan fingerprint density at radius 1 is 0.586 bits per heavy atom. The second-order valence-corrected chi connectivity index (χ2v) is 15.2. The van der Waals surface area contributed by atoms with Gasteiger partial charge in [0.25, 0.3) is 0 Å². The van der Waals surface area contributed by atoms with Gasteiger partial charge in [-0.05, 0) is 63.1 Å². The molecule has 2 heterocycles. The molecule has 0 saturated carbocycles. The van der Waals surface area contributed by atoms with E-state index in [0.717, 1.165) is 57.5 Å². The highest BCUT2D eigenvalue weighted by atomic mass is 16.7. The van der Waals surface area contributed by atoms with Crippen molar-refractivity contribution in [1.29, 1.82) is 0 Å². The van der Waals surface area contributed by atoms with E-state index in [2.05, 4.69) is 31.2 Å². The molecule has 0 spiro atoms. The Morgan fingerprint density at radius 2 is 1.10 bits per heavy atom. The van der Waals surface area contributed by atoms with Gasteiger partial charge in [-0.3, -0.25) is 0 Å². The molecule has 0 aromatic heterocycles. The van der Waals surface area contributed by atoms with Crippen molar-refractivity contribution in [2.45, 2.75) is 82.8 Å². The molecule has 2 aliphatic rings. The van der Waals surface area contributed by atoms with Gasteiger partial charge in [-0.1, -0.05) is 153 Å². The van der Waals surface area contributed by atoms with Crippen LogP contribution < -0.4 is 4.74 Å². The van der Waals surface area contributed by atoms with E-state index in [-0.39, 0.29) is 19.8 Å². The van der Waals surface area contributed by atoms with E-state index in [4.69, 9.17) is 28.4 Å². The van der Waals surface area contributed by atoms with Crippen LogP contribution in [0, 0.1) is 0 Å². The highest BCUT2D eigenvalue weighted by molar-refractivity contribution is 5.50. The zero-order valence-electron chi connectivity index (χ0n) is 33.1. The van der Waals surface area contributed by atoms with E-state index in [1.807, 2.05) is 133 Å². The largest absolute Gasteiger partial charge is 0.493 e. The SMILES string of the molecule is CCc1ccc(Cc2cc(C3(O)O[C@H](COCc4ccccc4)[C@@H](OCc4ccccc4)[C@H](OCc4ccccc4)[C@H]3OCc3ccccc3)cc3c2OCC3)cc1. The van der Waals surface area contributed by atoms with Gasteiger partial charge in [-0.2, -0.15) is 0 Å². The minimum absolute atomic E-state index is 0.137. The van der Waals surface area contributed by atoms with Crippen LogP contribution in [0.5, 0.6) is 5.75 Å². The molecule has 1 fully saturated rings. The van der Waals surface area contributed by atoms with E-state index in [9.17, 15) is 5.11 Å². The van der Waals surface area contributed by atoms with Gasteiger partial charge in [0.2, 0.25) is 5.79 Å². The summed E-state index contributed by atoms with van der Waals surface area (Å²) in [5, 5.41) is 13.4. The fourth-order valence-corrected chi connectivity index (χ4v) is 7.92. The van der Waals surface area contributed by atoms with Gasteiger partial charge in [0.05, 0.1) is 39.6 Å². The Labute approximate surface area is 342 Å². The standard InChI is InChI=1S/C51H52O7/c1-2-37-23-25-38(26-24-37)29-44-31-45(30-43-27-28-54-47(43)44)51(52)50(57-35-42-21-13-6-14-22-42)49(56-34-41-19-11-5-12-20-41)48(55-33-40-17-9-4-10-18-40)46(58-51)36-53-32-39-15-7-3-8-16-39/h3-26,30-31,46,48-50,52H,2,27-29,32-36H2,1H3/t46-,48-,49+,50-,51?/m1/s1. The van der Waals surface area contributed by atoms with Crippen LogP contribution in [0.25, 0.3) is 0 Å². The van der Waals surface area contributed by atoms with Crippen LogP contribution in [0.4, 0.5) is 0 Å². The Hall–Kier alpha value is -5.12. The van der Waals surface area contributed by atoms with Crippen molar-refractivity contribution in [3.05, 3.63) is 208 Å². The molecule has 6 aromatic carbocycles. The van der Waals surface area contributed by atoms with Gasteiger partial charge in [0.15, 0.2) is 0 Å². The average Bonchev–Trinajstić information content (AvgIpc) is 3.76. The second kappa shape index (κ2) is 19.1. The summed E-state index contributed by atoms with van der Waals surface area (Å²) in [5.74, 6) is -1.10. The Balaban J connectivity index is 1.21. The molecule has 7 heteroatoms. The number of hydrogen-bond acceptors (Lipinski definition) is 7. The smallest absolute Gasteiger partial charge is 0.222 e. The molecular weight excluding hydrogens is 725 g/mol. The van der Waals surface area contributed by atoms with E-state index in [0.29, 0.717) is 31.8 Å². The highest BCUT2D eigenvalue weighted by Gasteiger charge is 2.57. The summed E-state index contributed by atoms with van der Waals surface area (Å²) in [7, 11) is 0. The summed E-state index contributed by atoms with van der Waals surface area (Å²) in [5.41, 5.74) is 9.02. The van der Waals surface area contributed by atoms with E-state index in [1.54, 1.807) is 0 Å². The summed E-state index contributed by atoms with van der Waals surface area (Å²) in [6, 6.07) is 52.9. The summed E-state index contributed by atoms with van der Waals surface area (Å²) < 4.78 is 40.4. The number of hydrogen-bond donors (Lipinski definition) is 1. The zero-order valence-corrected chi connectivity index (χ0v) is 33.1. The van der Waals surface area contributed by atoms with Gasteiger partial charge in [0.1, 0.15) is 30.2 Å². The first-order chi connectivity index (χ1) is 28.6. The summed E-state index contributed by atoms with van der Waals surface area (Å²) >= 11 is 0. The van der Waals surface area contributed by atoms with Crippen molar-refractivity contribution in [2.24, 2.45) is 0 Å². The van der Waals surface area contributed by atoms with Gasteiger partial charge in [0, 0.05) is 18.4 Å². The minimum Gasteiger partial charge on any atom is -0.493 e. The second-order valence-electron chi connectivity index (χ2n) is 15.2. The van der Waals surface area contributed by atoms with Gasteiger partial charge < -0.3 is 33.5 Å². The third-order valence-corrected chi connectivity index (χ3v) is 11.0. The molecule has 1 unspecified atom stereocenters. The first-order valence-corrected chi connectivity index (χ1v) is 20.4. The number of ether oxygens (including phenoxy) is 6. The van der Waals surface area contributed by atoms with Crippen molar-refractivity contribution in [2.75, 3.05) is 13.2 Å². The fourth-order valence-electron chi connectivity index (χ4n) is 7.92. The average molecular weight is 777 g/mol. The quantitative estimate of drug-likeness (QED) is 0.0990. The first kappa shape index (κ1) is 39.7. The molecule has 2 aliphatic heterocycles. The van der Waals surface area contributed by atoms with Crippen LogP contribution in [0.3, 0.4) is 0 Å². The molecule has 1 N–H and O–H groups in total. The van der Waals surface area contributed by atoms with Crippen molar-refractivity contribution < 1.29 is 33.5 Å². The lowest BCUT2D eigenvalue weighted by Gasteiger charge is -2.50. The molecule has 1 saturated heterocycles. The van der Waals surface area contributed by atoms with Crippen LogP contribution in [0.2, 0.25) is 0 Å². The van der Waals surface area contributed by atoms with Crippen LogP contribution in [-0.2, 0) is 75.2 Å². The molecule has 6 aromatic rings. The summed E-state index contributed by atoms with van der Waals surface area (Å²) in [6.45, 7) is 4.02. The van der Waals surface area contributed by atoms with Crippen molar-refractivity contribution in [3.8, 4) is 5.75 Å². The van der Waals surface area contributed by atoms with E-state index >= 15 is 0 Å². The Bertz CT molecular complexity index is 2160. The number of fused-ring (bicyclic) bond motifs is 1. The lowest BCUT2D eigenvalue weighted by Crippen LogP contribution is -2.65. The summed E-state index contributed by atoms with van der Waals surface area (Å²) in [4.78, 5) is 0. The predicted molar refractivity (Wildman–Crippen MR) is 224 cm³/mol. The molecule has 0 radical (unpaired) electrons. The van der Waals surface area contributed by atoms with Crippen LogP contribution in [0.15, 0.2) is 158 Å². The molecule has 58 heavy (non-hydrogen) atoms. The normalized spacial score (nSPS) is 21.3. The topological polar surface area (TPSA) is 75.6 Å². The highest BCUT2D eigenvalue weighted by Crippen LogP contribution is 2.44. The lowest BCUT2D eigenvalue weighted by atomic mass is 9.85. The van der Waals surface area contributed by atoms with E-state index in [1.165, 1.54) is 5.56 Å². The maximum atomic E-state index is 13.4. The number of rotatable bonds is 17. The number of aryl methyl sites for hydroxylation is 1. The van der Waals surface area contributed by atoms with Gasteiger partial charge >= 0.3 is 0 Å². The lowest BCUT2D eigenvalue weighted by molar-refractivity contribution is -0.378. The molecule has 0 amide bonds. The van der Waals surface area contributed by atoms with Crippen molar-refractivity contribution >= 4 is 0 Å². The van der Waals surface area contributed by atoms with Gasteiger partial charge in [-0.15, -0.1) is 0 Å². The van der Waals surface area contributed by atoms with Crippen molar-refractivity contribution in [1.82, 2.24) is 0 Å². The molecule has 8 rings (SSSR count).